The van der Waals surface area contributed by atoms with Gasteiger partial charge in [0.2, 0.25) is 0 Å². The second-order valence-electron chi connectivity index (χ2n) is 6.19. The van der Waals surface area contributed by atoms with Crippen LogP contribution >= 0.6 is 11.8 Å². The average molecular weight is 394 g/mol. The molecule has 0 aliphatic carbocycles. The minimum absolute atomic E-state index is 0.187. The first-order valence-electron chi connectivity index (χ1n) is 9.48. The van der Waals surface area contributed by atoms with Gasteiger partial charge >= 0.3 is 11.9 Å². The smallest absolute Gasteiger partial charge is 0.319 e. The van der Waals surface area contributed by atoms with Gasteiger partial charge in [-0.25, -0.2) is 4.98 Å². The molecule has 0 bridgehead atoms. The van der Waals surface area contributed by atoms with Crippen LogP contribution in [0.3, 0.4) is 0 Å². The van der Waals surface area contributed by atoms with Crippen molar-refractivity contribution in [1.82, 2.24) is 4.98 Å². The summed E-state index contributed by atoms with van der Waals surface area (Å²) in [5.41, 5.74) is 1.46. The number of unbranched alkanes of at least 4 members (excludes halogenated alkanes) is 1. The van der Waals surface area contributed by atoms with E-state index in [1.807, 2.05) is 38.1 Å². The molecule has 2 aromatic rings. The van der Waals surface area contributed by atoms with E-state index >= 15 is 0 Å². The van der Waals surface area contributed by atoms with Gasteiger partial charge < -0.3 is 13.9 Å². The molecule has 0 aliphatic heterocycles. The van der Waals surface area contributed by atoms with Gasteiger partial charge in [0, 0.05) is 6.42 Å². The number of carbonyl (C=O) groups is 2. The van der Waals surface area contributed by atoms with Gasteiger partial charge in [-0.15, -0.1) is 0 Å². The van der Waals surface area contributed by atoms with E-state index < -0.39 is 5.25 Å². The number of fused-ring (bicyclic) bond motifs is 1. The zero-order valence-corrected chi connectivity index (χ0v) is 16.8. The highest BCUT2D eigenvalue weighted by atomic mass is 32.2. The van der Waals surface area contributed by atoms with Gasteiger partial charge in [0.05, 0.1) is 13.2 Å². The van der Waals surface area contributed by atoms with E-state index in [2.05, 4.69) is 4.98 Å². The third-order valence-electron chi connectivity index (χ3n) is 3.79. The Labute approximate surface area is 164 Å². The molecule has 0 spiro atoms. The molecule has 1 unspecified atom stereocenters. The Morgan fingerprint density at radius 3 is 2.59 bits per heavy atom. The second-order valence-corrected chi connectivity index (χ2v) is 7.34. The van der Waals surface area contributed by atoms with Crippen molar-refractivity contribution in [3.63, 3.8) is 0 Å². The summed E-state index contributed by atoms with van der Waals surface area (Å²) in [6.45, 7) is 4.77. The summed E-state index contributed by atoms with van der Waals surface area (Å²) < 4.78 is 16.1. The summed E-state index contributed by atoms with van der Waals surface area (Å²) in [4.78, 5) is 28.4. The summed E-state index contributed by atoms with van der Waals surface area (Å²) in [5.74, 6) is -0.453. The van der Waals surface area contributed by atoms with E-state index in [1.165, 1.54) is 11.8 Å². The molecule has 0 N–H and O–H groups in total. The van der Waals surface area contributed by atoms with Crippen LogP contribution in [0, 0.1) is 0 Å². The number of nitrogens with zero attached hydrogens (tertiary/aromatic N) is 1. The van der Waals surface area contributed by atoms with Gasteiger partial charge in [-0.05, 0) is 37.8 Å². The highest BCUT2D eigenvalue weighted by Crippen LogP contribution is 2.30. The lowest BCUT2D eigenvalue weighted by Gasteiger charge is -2.13. The third kappa shape index (κ3) is 7.25. The Bertz CT molecular complexity index is 697. The molecule has 1 aromatic carbocycles. The normalized spacial score (nSPS) is 12.1. The van der Waals surface area contributed by atoms with Crippen molar-refractivity contribution in [2.45, 2.75) is 62.8 Å². The number of hydrogen-bond acceptors (Lipinski definition) is 7. The molecular weight excluding hydrogens is 366 g/mol. The lowest BCUT2D eigenvalue weighted by Crippen LogP contribution is -2.21. The number of benzene rings is 1. The summed E-state index contributed by atoms with van der Waals surface area (Å²) in [7, 11) is 0. The van der Waals surface area contributed by atoms with E-state index in [9.17, 15) is 9.59 Å². The van der Waals surface area contributed by atoms with Crippen molar-refractivity contribution in [3.05, 3.63) is 24.3 Å². The van der Waals surface area contributed by atoms with Crippen LogP contribution in [0.4, 0.5) is 0 Å². The Hall–Kier alpha value is -2.02. The van der Waals surface area contributed by atoms with Gasteiger partial charge in [-0.2, -0.15) is 0 Å². The van der Waals surface area contributed by atoms with Crippen molar-refractivity contribution in [3.8, 4) is 0 Å². The van der Waals surface area contributed by atoms with Crippen molar-refractivity contribution in [2.75, 3.05) is 13.2 Å². The molecular formula is C20H27NO5S. The average Bonchev–Trinajstić information content (AvgIpc) is 3.09. The second kappa shape index (κ2) is 11.6. The Morgan fingerprint density at radius 1 is 1.11 bits per heavy atom. The molecule has 7 heteroatoms. The van der Waals surface area contributed by atoms with Crippen LogP contribution in [0.5, 0.6) is 0 Å². The predicted molar refractivity (Wildman–Crippen MR) is 105 cm³/mol. The number of aromatic nitrogens is 1. The predicted octanol–water partition coefficient (Wildman–Crippen LogP) is 4.76. The van der Waals surface area contributed by atoms with Crippen LogP contribution in [0.2, 0.25) is 0 Å². The highest BCUT2D eigenvalue weighted by molar-refractivity contribution is 8.00. The fourth-order valence-electron chi connectivity index (χ4n) is 2.43. The van der Waals surface area contributed by atoms with Crippen molar-refractivity contribution in [2.24, 2.45) is 0 Å². The van der Waals surface area contributed by atoms with Gasteiger partial charge in [0.1, 0.15) is 10.8 Å². The molecule has 0 saturated carbocycles. The van der Waals surface area contributed by atoms with E-state index in [4.69, 9.17) is 13.9 Å². The van der Waals surface area contributed by atoms with Crippen LogP contribution < -0.4 is 0 Å². The van der Waals surface area contributed by atoms with Crippen molar-refractivity contribution < 1.29 is 23.5 Å². The number of hydrogen-bond donors (Lipinski definition) is 0. The van der Waals surface area contributed by atoms with E-state index in [0.717, 1.165) is 24.8 Å². The number of para-hydroxylation sites is 2. The standard InChI is InChI=1S/C20H27NO5S/c1-3-13-24-18(22)12-8-7-11-17(19(23)25-14-4-2)27-20-21-15-9-5-6-10-16(15)26-20/h5-6,9-10,17H,3-4,7-8,11-14H2,1-2H3. The summed E-state index contributed by atoms with van der Waals surface area (Å²) in [6.07, 6.45) is 3.94. The van der Waals surface area contributed by atoms with E-state index in [1.54, 1.807) is 0 Å². The third-order valence-corrected chi connectivity index (χ3v) is 4.88. The topological polar surface area (TPSA) is 78.6 Å². The zero-order valence-electron chi connectivity index (χ0n) is 15.9. The zero-order chi connectivity index (χ0) is 19.5. The van der Waals surface area contributed by atoms with Gasteiger partial charge in [-0.1, -0.05) is 44.2 Å². The Balaban J connectivity index is 1.90. The number of rotatable bonds is 12. The fraction of sp³-hybridized carbons (Fsp3) is 0.550. The van der Waals surface area contributed by atoms with Crippen LogP contribution in [0.15, 0.2) is 33.9 Å². The molecule has 0 fully saturated rings. The minimum Gasteiger partial charge on any atom is -0.466 e. The monoisotopic (exact) mass is 393 g/mol. The number of esters is 2. The molecule has 27 heavy (non-hydrogen) atoms. The maximum absolute atomic E-state index is 12.4. The molecule has 1 heterocycles. The van der Waals surface area contributed by atoms with Crippen LogP contribution in [-0.2, 0) is 19.1 Å². The van der Waals surface area contributed by atoms with Crippen molar-refractivity contribution >= 4 is 34.8 Å². The first-order chi connectivity index (χ1) is 13.1. The van der Waals surface area contributed by atoms with Crippen LogP contribution in [0.1, 0.15) is 52.4 Å². The maximum Gasteiger partial charge on any atom is 0.319 e. The number of ether oxygens (including phenoxy) is 2. The number of thioether (sulfide) groups is 1. The van der Waals surface area contributed by atoms with Gasteiger partial charge in [0.25, 0.3) is 5.22 Å². The van der Waals surface area contributed by atoms with E-state index in [-0.39, 0.29) is 11.9 Å². The molecule has 0 amide bonds. The Morgan fingerprint density at radius 2 is 1.85 bits per heavy atom. The van der Waals surface area contributed by atoms with Crippen molar-refractivity contribution in [1.29, 1.82) is 0 Å². The molecule has 148 valence electrons. The van der Waals surface area contributed by atoms with E-state index in [0.29, 0.717) is 43.3 Å². The van der Waals surface area contributed by atoms with Crippen LogP contribution in [-0.4, -0.2) is 35.4 Å². The molecule has 2 rings (SSSR count). The highest BCUT2D eigenvalue weighted by Gasteiger charge is 2.24. The lowest BCUT2D eigenvalue weighted by molar-refractivity contribution is -0.143. The first kappa shape index (κ1) is 21.3. The summed E-state index contributed by atoms with van der Waals surface area (Å²) >= 11 is 1.28. The van der Waals surface area contributed by atoms with Gasteiger partial charge in [-0.3, -0.25) is 9.59 Å². The number of oxazole rings is 1. The summed E-state index contributed by atoms with van der Waals surface area (Å²) in [6, 6.07) is 7.49. The quantitative estimate of drug-likeness (QED) is 0.292. The summed E-state index contributed by atoms with van der Waals surface area (Å²) in [5, 5.41) is 0.0493. The molecule has 6 nitrogen and oxygen atoms in total. The molecule has 0 aliphatic rings. The largest absolute Gasteiger partial charge is 0.466 e. The molecule has 0 radical (unpaired) electrons. The fourth-order valence-corrected chi connectivity index (χ4v) is 3.41. The molecule has 0 saturated heterocycles. The molecule has 1 aromatic heterocycles. The number of carbonyl (C=O) groups excluding carboxylic acids is 2. The maximum atomic E-state index is 12.4. The SMILES string of the molecule is CCCOC(=O)CCCCC(Sc1nc2ccccc2o1)C(=O)OCCC. The van der Waals surface area contributed by atoms with Crippen LogP contribution in [0.25, 0.3) is 11.1 Å². The van der Waals surface area contributed by atoms with Gasteiger partial charge in [0.15, 0.2) is 5.58 Å². The minimum atomic E-state index is -0.406. The lowest BCUT2D eigenvalue weighted by atomic mass is 10.1. The Kier molecular flexibility index (Phi) is 9.18. The molecule has 1 atom stereocenters. The first-order valence-corrected chi connectivity index (χ1v) is 10.4.